The fraction of sp³-hybridized carbons (Fsp3) is 0.643. The van der Waals surface area contributed by atoms with Crippen molar-refractivity contribution in [1.29, 1.82) is 0 Å². The molecule has 1 aromatic heterocycles. The Morgan fingerprint density at radius 3 is 2.76 bits per heavy atom. The fourth-order valence-corrected chi connectivity index (χ4v) is 2.63. The number of nitrogens with zero attached hydrogens (tertiary/aromatic N) is 1. The number of hydrogen-bond donors (Lipinski definition) is 1. The second-order valence-corrected chi connectivity index (χ2v) is 5.67. The lowest BCUT2D eigenvalue weighted by Crippen LogP contribution is -2.21. The molecule has 0 aliphatic rings. The summed E-state index contributed by atoms with van der Waals surface area (Å²) in [6.45, 7) is 6.65. The van der Waals surface area contributed by atoms with E-state index in [0.29, 0.717) is 0 Å². The number of nitrogens with two attached hydrogens (primary N) is 1. The molecule has 1 heterocycles. The van der Waals surface area contributed by atoms with Gasteiger partial charge in [0.1, 0.15) is 0 Å². The molecule has 2 nitrogen and oxygen atoms in total. The van der Waals surface area contributed by atoms with Crippen LogP contribution < -0.4 is 5.73 Å². The Morgan fingerprint density at radius 2 is 2.12 bits per heavy atom. The van der Waals surface area contributed by atoms with Gasteiger partial charge in [-0.05, 0) is 30.4 Å². The van der Waals surface area contributed by atoms with Gasteiger partial charge in [0.05, 0.1) is 5.03 Å². The van der Waals surface area contributed by atoms with Gasteiger partial charge in [-0.25, -0.2) is 4.98 Å². The van der Waals surface area contributed by atoms with Crippen molar-refractivity contribution in [3.05, 3.63) is 23.9 Å². The quantitative estimate of drug-likeness (QED) is 0.755. The minimum atomic E-state index is 0.252. The van der Waals surface area contributed by atoms with Gasteiger partial charge < -0.3 is 5.73 Å². The van der Waals surface area contributed by atoms with Gasteiger partial charge in [-0.2, -0.15) is 0 Å². The summed E-state index contributed by atoms with van der Waals surface area (Å²) >= 11 is 1.87. The van der Waals surface area contributed by atoms with E-state index in [1.165, 1.54) is 12.0 Å². The Bertz CT molecular complexity index is 328. The molecule has 2 N–H and O–H groups in total. The maximum atomic E-state index is 6.02. The maximum Gasteiger partial charge on any atom is 0.0992 e. The van der Waals surface area contributed by atoms with E-state index < -0.39 is 0 Å². The van der Waals surface area contributed by atoms with Crippen molar-refractivity contribution in [3.63, 3.8) is 0 Å². The zero-order valence-electron chi connectivity index (χ0n) is 11.1. The van der Waals surface area contributed by atoms with Crippen LogP contribution in [0.3, 0.4) is 0 Å². The summed E-state index contributed by atoms with van der Waals surface area (Å²) in [4.78, 5) is 4.48. The molecule has 0 spiro atoms. The SMILES string of the molecule is CCC(C)CSc1ncccc1CC(N)CC. The van der Waals surface area contributed by atoms with Gasteiger partial charge in [0.15, 0.2) is 0 Å². The van der Waals surface area contributed by atoms with Crippen molar-refractivity contribution >= 4 is 11.8 Å². The third-order valence-corrected chi connectivity index (χ3v) is 4.43. The molecule has 0 bridgehead atoms. The van der Waals surface area contributed by atoms with Crippen molar-refractivity contribution in [2.45, 2.75) is 51.1 Å². The molecule has 0 aliphatic heterocycles. The molecule has 3 heteroatoms. The summed E-state index contributed by atoms with van der Waals surface area (Å²) < 4.78 is 0. The first kappa shape index (κ1) is 14.5. The largest absolute Gasteiger partial charge is 0.327 e. The van der Waals surface area contributed by atoms with E-state index in [1.807, 2.05) is 24.0 Å². The van der Waals surface area contributed by atoms with Crippen molar-refractivity contribution in [3.8, 4) is 0 Å². The molecule has 17 heavy (non-hydrogen) atoms. The van der Waals surface area contributed by atoms with Gasteiger partial charge in [0.2, 0.25) is 0 Å². The first-order valence-corrected chi connectivity index (χ1v) is 7.48. The number of hydrogen-bond acceptors (Lipinski definition) is 3. The van der Waals surface area contributed by atoms with Crippen LogP contribution in [-0.2, 0) is 6.42 Å². The molecule has 0 radical (unpaired) electrons. The van der Waals surface area contributed by atoms with E-state index in [1.54, 1.807) is 0 Å². The van der Waals surface area contributed by atoms with Crippen LogP contribution >= 0.6 is 11.8 Å². The molecule has 1 aromatic rings. The Morgan fingerprint density at radius 1 is 1.35 bits per heavy atom. The number of aromatic nitrogens is 1. The van der Waals surface area contributed by atoms with Crippen molar-refractivity contribution in [2.75, 3.05) is 5.75 Å². The molecular weight excluding hydrogens is 228 g/mol. The van der Waals surface area contributed by atoms with Crippen LogP contribution in [0.5, 0.6) is 0 Å². The number of thioether (sulfide) groups is 1. The van der Waals surface area contributed by atoms with E-state index in [2.05, 4.69) is 31.8 Å². The highest BCUT2D eigenvalue weighted by Crippen LogP contribution is 2.24. The normalized spacial score (nSPS) is 14.6. The minimum absolute atomic E-state index is 0.252. The van der Waals surface area contributed by atoms with Crippen molar-refractivity contribution < 1.29 is 0 Å². The topological polar surface area (TPSA) is 38.9 Å². The summed E-state index contributed by atoms with van der Waals surface area (Å²) in [6, 6.07) is 4.41. The van der Waals surface area contributed by atoms with Crippen LogP contribution in [0.25, 0.3) is 0 Å². The Hall–Kier alpha value is -0.540. The maximum absolute atomic E-state index is 6.02. The zero-order chi connectivity index (χ0) is 12.7. The van der Waals surface area contributed by atoms with Gasteiger partial charge in [0.25, 0.3) is 0 Å². The summed E-state index contributed by atoms with van der Waals surface area (Å²) in [5, 5.41) is 1.16. The minimum Gasteiger partial charge on any atom is -0.327 e. The van der Waals surface area contributed by atoms with Crippen LogP contribution in [0.15, 0.2) is 23.4 Å². The van der Waals surface area contributed by atoms with Crippen LogP contribution in [0.2, 0.25) is 0 Å². The molecule has 0 amide bonds. The van der Waals surface area contributed by atoms with Gasteiger partial charge >= 0.3 is 0 Å². The molecular formula is C14H24N2S. The molecule has 0 fully saturated rings. The molecule has 2 atom stereocenters. The highest BCUT2D eigenvalue weighted by atomic mass is 32.2. The average molecular weight is 252 g/mol. The van der Waals surface area contributed by atoms with Gasteiger partial charge in [-0.15, -0.1) is 11.8 Å². The highest BCUT2D eigenvalue weighted by Gasteiger charge is 2.09. The predicted octanol–water partition coefficient (Wildman–Crippen LogP) is 3.50. The van der Waals surface area contributed by atoms with E-state index >= 15 is 0 Å². The van der Waals surface area contributed by atoms with E-state index in [0.717, 1.165) is 29.5 Å². The Labute approximate surface area is 109 Å². The van der Waals surface area contributed by atoms with Crippen molar-refractivity contribution in [2.24, 2.45) is 11.7 Å². The first-order valence-electron chi connectivity index (χ1n) is 6.49. The monoisotopic (exact) mass is 252 g/mol. The molecule has 0 saturated heterocycles. The standard InChI is InChI=1S/C14H24N2S/c1-4-11(3)10-17-14-12(7-6-8-16-14)9-13(15)5-2/h6-8,11,13H,4-5,9-10,15H2,1-3H3. The Balaban J connectivity index is 2.64. The average Bonchev–Trinajstić information content (AvgIpc) is 2.37. The van der Waals surface area contributed by atoms with Gasteiger partial charge in [-0.1, -0.05) is 33.3 Å². The lowest BCUT2D eigenvalue weighted by atomic mass is 10.1. The second kappa shape index (κ2) is 7.72. The second-order valence-electron chi connectivity index (χ2n) is 4.66. The molecule has 1 rings (SSSR count). The van der Waals surface area contributed by atoms with Gasteiger partial charge in [0, 0.05) is 18.0 Å². The lowest BCUT2D eigenvalue weighted by molar-refractivity contribution is 0.631. The third kappa shape index (κ3) is 5.09. The van der Waals surface area contributed by atoms with E-state index in [-0.39, 0.29) is 6.04 Å². The summed E-state index contributed by atoms with van der Waals surface area (Å²) in [6.07, 6.45) is 5.06. The number of pyridine rings is 1. The molecule has 0 aliphatic carbocycles. The van der Waals surface area contributed by atoms with E-state index in [9.17, 15) is 0 Å². The molecule has 0 aromatic carbocycles. The van der Waals surface area contributed by atoms with Crippen LogP contribution in [-0.4, -0.2) is 16.8 Å². The predicted molar refractivity (Wildman–Crippen MR) is 76.4 cm³/mol. The zero-order valence-corrected chi connectivity index (χ0v) is 12.0. The first-order chi connectivity index (χ1) is 8.17. The van der Waals surface area contributed by atoms with E-state index in [4.69, 9.17) is 5.73 Å². The summed E-state index contributed by atoms with van der Waals surface area (Å²) in [5.41, 5.74) is 7.32. The lowest BCUT2D eigenvalue weighted by Gasteiger charge is -2.13. The molecule has 0 saturated carbocycles. The molecule has 2 unspecified atom stereocenters. The summed E-state index contributed by atoms with van der Waals surface area (Å²) in [5.74, 6) is 1.89. The highest BCUT2D eigenvalue weighted by molar-refractivity contribution is 7.99. The van der Waals surface area contributed by atoms with Crippen LogP contribution in [0.1, 0.15) is 39.2 Å². The van der Waals surface area contributed by atoms with Crippen LogP contribution in [0, 0.1) is 5.92 Å². The van der Waals surface area contributed by atoms with Gasteiger partial charge in [-0.3, -0.25) is 0 Å². The fourth-order valence-electron chi connectivity index (χ4n) is 1.48. The smallest absolute Gasteiger partial charge is 0.0992 e. The Kier molecular flexibility index (Phi) is 6.60. The number of rotatable bonds is 7. The van der Waals surface area contributed by atoms with Crippen molar-refractivity contribution in [1.82, 2.24) is 4.98 Å². The molecule has 96 valence electrons. The van der Waals surface area contributed by atoms with Crippen LogP contribution in [0.4, 0.5) is 0 Å². The third-order valence-electron chi connectivity index (χ3n) is 3.06. The summed E-state index contributed by atoms with van der Waals surface area (Å²) in [7, 11) is 0.